The van der Waals surface area contributed by atoms with Gasteiger partial charge < -0.3 is 9.64 Å². The van der Waals surface area contributed by atoms with E-state index in [9.17, 15) is 4.79 Å². The summed E-state index contributed by atoms with van der Waals surface area (Å²) < 4.78 is 6.01. The number of benzene rings is 1. The van der Waals surface area contributed by atoms with Crippen molar-refractivity contribution in [2.24, 2.45) is 16.8 Å². The summed E-state index contributed by atoms with van der Waals surface area (Å²) in [6.07, 6.45) is 11.8. The second-order valence-electron chi connectivity index (χ2n) is 9.07. The normalized spacial score (nSPS) is 27.0. The zero-order valence-corrected chi connectivity index (χ0v) is 19.4. The quantitative estimate of drug-likeness (QED) is 0.438. The number of allylic oxidation sites excluding steroid dienone is 1. The van der Waals surface area contributed by atoms with Crippen molar-refractivity contribution >= 4 is 12.1 Å². The minimum absolute atomic E-state index is 0.0717. The Morgan fingerprint density at radius 1 is 1.26 bits per heavy atom. The first kappa shape index (κ1) is 23.5. The average molecular weight is 423 g/mol. The van der Waals surface area contributed by atoms with Crippen molar-refractivity contribution in [1.29, 1.82) is 0 Å². The number of likely N-dealkylation sites (tertiary alicyclic amines) is 1. The predicted octanol–water partition coefficient (Wildman–Crippen LogP) is 5.94. The number of carbonyl (C=O) groups is 1. The van der Waals surface area contributed by atoms with Crippen molar-refractivity contribution in [2.75, 3.05) is 0 Å². The van der Waals surface area contributed by atoms with Crippen LogP contribution in [0.25, 0.3) is 0 Å². The Bertz CT molecular complexity index is 780. The highest BCUT2D eigenvalue weighted by atomic mass is 16.5. The molecule has 1 aromatic rings. The molecule has 3 unspecified atom stereocenters. The largest absolute Gasteiger partial charge is 0.373 e. The van der Waals surface area contributed by atoms with Gasteiger partial charge in [-0.05, 0) is 49.2 Å². The van der Waals surface area contributed by atoms with Crippen molar-refractivity contribution in [3.8, 4) is 0 Å². The van der Waals surface area contributed by atoms with Gasteiger partial charge in [0.1, 0.15) is 0 Å². The van der Waals surface area contributed by atoms with E-state index in [0.717, 1.165) is 44.1 Å². The van der Waals surface area contributed by atoms with Crippen LogP contribution in [0.1, 0.15) is 64.9 Å². The number of carbonyl (C=O) groups excluding carboxylic acids is 1. The molecule has 3 atom stereocenters. The third kappa shape index (κ3) is 6.16. The summed E-state index contributed by atoms with van der Waals surface area (Å²) in [4.78, 5) is 19.9. The van der Waals surface area contributed by atoms with Gasteiger partial charge in [0.05, 0.1) is 18.8 Å². The van der Waals surface area contributed by atoms with Crippen LogP contribution in [0.2, 0.25) is 0 Å². The Kier molecular flexibility index (Phi) is 8.65. The molecule has 0 radical (unpaired) electrons. The molecule has 0 bridgehead atoms. The van der Waals surface area contributed by atoms with Crippen LogP contribution in [-0.2, 0) is 16.1 Å². The SMILES string of the molecule is C=C(C=N/C=C\C(C)CC)C1CCC(CC)N1C(=O)C1CC(OCc2ccccc2)C1. The average Bonchev–Trinajstić information content (AvgIpc) is 3.20. The topological polar surface area (TPSA) is 41.9 Å². The molecule has 1 aromatic carbocycles. The summed E-state index contributed by atoms with van der Waals surface area (Å²) in [7, 11) is 0. The van der Waals surface area contributed by atoms with E-state index < -0.39 is 0 Å². The first-order valence-corrected chi connectivity index (χ1v) is 11.9. The smallest absolute Gasteiger partial charge is 0.226 e. The molecule has 2 fully saturated rings. The first-order chi connectivity index (χ1) is 15.0. The summed E-state index contributed by atoms with van der Waals surface area (Å²) in [5, 5.41) is 0. The van der Waals surface area contributed by atoms with Crippen molar-refractivity contribution < 1.29 is 9.53 Å². The van der Waals surface area contributed by atoms with Crippen molar-refractivity contribution in [3.05, 3.63) is 60.3 Å². The molecule has 4 heteroatoms. The summed E-state index contributed by atoms with van der Waals surface area (Å²) in [6, 6.07) is 10.6. The van der Waals surface area contributed by atoms with Crippen molar-refractivity contribution in [3.63, 3.8) is 0 Å². The number of hydrogen-bond acceptors (Lipinski definition) is 3. The molecular formula is C27H38N2O2. The Morgan fingerprint density at radius 3 is 2.68 bits per heavy atom. The molecule has 0 aromatic heterocycles. The minimum atomic E-state index is 0.0717. The van der Waals surface area contributed by atoms with Gasteiger partial charge in [-0.2, -0.15) is 0 Å². The van der Waals surface area contributed by atoms with Gasteiger partial charge in [-0.15, -0.1) is 0 Å². The molecular weight excluding hydrogens is 384 g/mol. The minimum Gasteiger partial charge on any atom is -0.373 e. The van der Waals surface area contributed by atoms with Crippen LogP contribution in [0.3, 0.4) is 0 Å². The molecule has 1 saturated carbocycles. The number of rotatable bonds is 10. The molecule has 0 spiro atoms. The second kappa shape index (κ2) is 11.4. The van der Waals surface area contributed by atoms with Gasteiger partial charge in [0.25, 0.3) is 0 Å². The standard InChI is InChI=1S/C27H38N2O2/c1-5-20(3)14-15-28-18-21(4)26-13-12-24(6-2)29(26)27(30)23-16-25(17-23)31-19-22-10-8-7-9-11-22/h7-11,14-15,18,20,23-26H,4-6,12-13,16-17,19H2,1-3H3/b15-14-,28-18?. The van der Waals surface area contributed by atoms with Gasteiger partial charge in [-0.3, -0.25) is 9.79 Å². The summed E-state index contributed by atoms with van der Waals surface area (Å²) in [6.45, 7) is 11.4. The Labute approximate surface area is 188 Å². The Balaban J connectivity index is 1.53. The van der Waals surface area contributed by atoms with E-state index in [1.54, 1.807) is 0 Å². The van der Waals surface area contributed by atoms with E-state index in [0.29, 0.717) is 18.6 Å². The molecule has 1 heterocycles. The van der Waals surface area contributed by atoms with E-state index >= 15 is 0 Å². The van der Waals surface area contributed by atoms with E-state index in [1.165, 1.54) is 5.56 Å². The maximum absolute atomic E-state index is 13.4. The fraction of sp³-hybridized carbons (Fsp3) is 0.556. The van der Waals surface area contributed by atoms with E-state index in [4.69, 9.17) is 4.74 Å². The first-order valence-electron chi connectivity index (χ1n) is 11.9. The van der Waals surface area contributed by atoms with Crippen LogP contribution in [-0.4, -0.2) is 35.2 Å². The lowest BCUT2D eigenvalue weighted by molar-refractivity contribution is -0.147. The Hall–Kier alpha value is -2.20. The lowest BCUT2D eigenvalue weighted by Crippen LogP contribution is -2.49. The molecule has 3 rings (SSSR count). The van der Waals surface area contributed by atoms with Gasteiger partial charge in [0.2, 0.25) is 5.91 Å². The summed E-state index contributed by atoms with van der Waals surface area (Å²) in [5.74, 6) is 0.874. The van der Waals surface area contributed by atoms with E-state index in [1.807, 2.05) is 30.6 Å². The predicted molar refractivity (Wildman–Crippen MR) is 128 cm³/mol. The number of hydrogen-bond donors (Lipinski definition) is 0. The van der Waals surface area contributed by atoms with Crippen LogP contribution in [0.5, 0.6) is 0 Å². The third-order valence-corrected chi connectivity index (χ3v) is 6.81. The van der Waals surface area contributed by atoms with Gasteiger partial charge in [0, 0.05) is 24.4 Å². The van der Waals surface area contributed by atoms with Gasteiger partial charge in [-0.1, -0.05) is 70.2 Å². The molecule has 1 saturated heterocycles. The maximum Gasteiger partial charge on any atom is 0.226 e. The van der Waals surface area contributed by atoms with Gasteiger partial charge >= 0.3 is 0 Å². The molecule has 2 aliphatic rings. The Morgan fingerprint density at radius 2 is 2.00 bits per heavy atom. The number of nitrogens with zero attached hydrogens (tertiary/aromatic N) is 2. The molecule has 4 nitrogen and oxygen atoms in total. The van der Waals surface area contributed by atoms with Crippen LogP contribution < -0.4 is 0 Å². The molecule has 1 amide bonds. The number of ether oxygens (including phenoxy) is 1. The van der Waals surface area contributed by atoms with Gasteiger partial charge in [-0.25, -0.2) is 0 Å². The van der Waals surface area contributed by atoms with Crippen LogP contribution in [0.4, 0.5) is 0 Å². The van der Waals surface area contributed by atoms with Crippen LogP contribution >= 0.6 is 0 Å². The fourth-order valence-corrected chi connectivity index (χ4v) is 4.44. The monoisotopic (exact) mass is 422 g/mol. The van der Waals surface area contributed by atoms with E-state index in [-0.39, 0.29) is 24.0 Å². The van der Waals surface area contributed by atoms with Crippen LogP contribution in [0.15, 0.2) is 59.8 Å². The zero-order valence-electron chi connectivity index (χ0n) is 19.4. The third-order valence-electron chi connectivity index (χ3n) is 6.81. The number of amides is 1. The van der Waals surface area contributed by atoms with E-state index in [2.05, 4.69) is 55.5 Å². The summed E-state index contributed by atoms with van der Waals surface area (Å²) in [5.41, 5.74) is 2.12. The number of aliphatic imine (C=N–C) groups is 1. The summed E-state index contributed by atoms with van der Waals surface area (Å²) >= 11 is 0. The highest BCUT2D eigenvalue weighted by Gasteiger charge is 2.44. The fourth-order valence-electron chi connectivity index (χ4n) is 4.44. The lowest BCUT2D eigenvalue weighted by Gasteiger charge is -2.40. The van der Waals surface area contributed by atoms with Crippen molar-refractivity contribution in [1.82, 2.24) is 4.90 Å². The van der Waals surface area contributed by atoms with Gasteiger partial charge in [0.15, 0.2) is 0 Å². The highest BCUT2D eigenvalue weighted by Crippen LogP contribution is 2.37. The molecule has 1 aliphatic heterocycles. The second-order valence-corrected chi connectivity index (χ2v) is 9.07. The van der Waals surface area contributed by atoms with Crippen molar-refractivity contribution in [2.45, 2.75) is 84.1 Å². The molecule has 1 aliphatic carbocycles. The maximum atomic E-state index is 13.4. The zero-order chi connectivity index (χ0) is 22.2. The molecule has 31 heavy (non-hydrogen) atoms. The lowest BCUT2D eigenvalue weighted by atomic mass is 9.80. The molecule has 168 valence electrons. The highest BCUT2D eigenvalue weighted by molar-refractivity contribution is 5.85. The van der Waals surface area contributed by atoms with Crippen LogP contribution in [0, 0.1) is 11.8 Å². The molecule has 0 N–H and O–H groups in total.